The molecular weight excluding hydrogens is 464 g/mol. The molecule has 38 heavy (non-hydrogen) atoms. The molecule has 4 heteroatoms. The highest BCUT2D eigenvalue weighted by molar-refractivity contribution is 5.58. The summed E-state index contributed by atoms with van der Waals surface area (Å²) >= 11 is 0. The van der Waals surface area contributed by atoms with E-state index in [1.807, 2.05) is 0 Å². The molecule has 0 bridgehead atoms. The topological polar surface area (TPSA) is 104 Å². The molecular formula is C34H44N4. The van der Waals surface area contributed by atoms with Crippen molar-refractivity contribution in [1.82, 2.24) is 0 Å². The van der Waals surface area contributed by atoms with Gasteiger partial charge < -0.3 is 22.9 Å². The average Bonchev–Trinajstić information content (AvgIpc) is 2.83. The van der Waals surface area contributed by atoms with Gasteiger partial charge in [0.2, 0.25) is 0 Å². The second-order valence-electron chi connectivity index (χ2n) is 10.9. The maximum absolute atomic E-state index is 6.00. The van der Waals surface area contributed by atoms with Crippen LogP contribution in [0.3, 0.4) is 0 Å². The van der Waals surface area contributed by atoms with Crippen LogP contribution in [0.25, 0.3) is 0 Å². The molecule has 0 spiro atoms. The summed E-state index contributed by atoms with van der Waals surface area (Å²) in [6, 6.07) is 17.4. The quantitative estimate of drug-likeness (QED) is 0.216. The predicted molar refractivity (Wildman–Crippen MR) is 167 cm³/mol. The largest absolute Gasteiger partial charge is 0.398 e. The normalized spacial score (nSPS) is 10.7. The lowest BCUT2D eigenvalue weighted by atomic mass is 9.96. The Bertz CT molecular complexity index is 1160. The molecule has 0 heterocycles. The van der Waals surface area contributed by atoms with Gasteiger partial charge in [-0.1, -0.05) is 48.5 Å². The Morgan fingerprint density at radius 1 is 0.316 bits per heavy atom. The zero-order valence-corrected chi connectivity index (χ0v) is 24.3. The lowest BCUT2D eigenvalue weighted by Crippen LogP contribution is -1.99. The molecule has 4 nitrogen and oxygen atoms in total. The first-order valence-electron chi connectivity index (χ1n) is 13.2. The Morgan fingerprint density at radius 3 is 0.579 bits per heavy atom. The van der Waals surface area contributed by atoms with Gasteiger partial charge in [-0.2, -0.15) is 0 Å². The molecule has 4 rings (SSSR count). The van der Waals surface area contributed by atoms with Crippen molar-refractivity contribution in [2.45, 2.75) is 68.2 Å². The lowest BCUT2D eigenvalue weighted by Gasteiger charge is -2.11. The van der Waals surface area contributed by atoms with Gasteiger partial charge in [-0.15, -0.1) is 0 Å². The van der Waals surface area contributed by atoms with E-state index in [2.05, 4.69) is 104 Å². The van der Waals surface area contributed by atoms with Crippen LogP contribution >= 0.6 is 0 Å². The van der Waals surface area contributed by atoms with Crippen molar-refractivity contribution in [3.05, 3.63) is 115 Å². The number of aryl methyl sites for hydroxylation is 8. The van der Waals surface area contributed by atoms with E-state index in [1.165, 1.54) is 22.3 Å². The number of hydrogen-bond donors (Lipinski definition) is 4. The summed E-state index contributed by atoms with van der Waals surface area (Å²) < 4.78 is 0. The summed E-state index contributed by atoms with van der Waals surface area (Å²) in [5.74, 6) is 0. The van der Waals surface area contributed by atoms with E-state index in [9.17, 15) is 0 Å². The Morgan fingerprint density at radius 2 is 0.447 bits per heavy atom. The first-order chi connectivity index (χ1) is 17.8. The minimum absolute atomic E-state index is 0.897. The first kappa shape index (κ1) is 28.6. The van der Waals surface area contributed by atoms with Crippen LogP contribution < -0.4 is 22.9 Å². The van der Waals surface area contributed by atoms with E-state index in [4.69, 9.17) is 22.9 Å². The monoisotopic (exact) mass is 508 g/mol. The maximum Gasteiger partial charge on any atom is 0.0373 e. The summed E-state index contributed by atoms with van der Waals surface area (Å²) in [5.41, 5.74) is 42.0. The molecule has 4 aromatic rings. The number of nitrogens with two attached hydrogens (primary N) is 4. The van der Waals surface area contributed by atoms with Crippen LogP contribution in [0.15, 0.2) is 48.5 Å². The average molecular weight is 509 g/mol. The number of nitrogen functional groups attached to an aromatic ring is 4. The van der Waals surface area contributed by atoms with Crippen molar-refractivity contribution in [3.63, 3.8) is 0 Å². The molecule has 8 N–H and O–H groups in total. The smallest absolute Gasteiger partial charge is 0.0373 e. The van der Waals surface area contributed by atoms with E-state index < -0.39 is 0 Å². The van der Waals surface area contributed by atoms with Crippen molar-refractivity contribution < 1.29 is 0 Å². The third kappa shape index (κ3) is 6.69. The van der Waals surface area contributed by atoms with E-state index in [1.54, 1.807) is 0 Å². The van der Waals surface area contributed by atoms with Gasteiger partial charge in [-0.3, -0.25) is 0 Å². The number of anilines is 4. The summed E-state index contributed by atoms with van der Waals surface area (Å²) in [6.45, 7) is 16.5. The predicted octanol–water partition coefficient (Wildman–Crippen LogP) is 7.35. The highest BCUT2D eigenvalue weighted by Gasteiger charge is 2.07. The van der Waals surface area contributed by atoms with E-state index in [0.717, 1.165) is 80.1 Å². The van der Waals surface area contributed by atoms with Gasteiger partial charge in [0.1, 0.15) is 0 Å². The molecule has 0 aliphatic heterocycles. The fraction of sp³-hybridized carbons (Fsp3) is 0.294. The lowest BCUT2D eigenvalue weighted by molar-refractivity contribution is 1.15. The second-order valence-corrected chi connectivity index (χ2v) is 10.9. The van der Waals surface area contributed by atoms with E-state index in [0.29, 0.717) is 0 Å². The minimum atomic E-state index is 0.897. The molecule has 0 saturated carbocycles. The molecule has 0 amide bonds. The standard InChI is InChI=1S/2C17H22N2/c2*1-10-5-14(6-11(2)16(10)18)9-15-7-12(3)17(19)13(4)8-15/h2*5-8H,9,18-19H2,1-4H3. The third-order valence-corrected chi connectivity index (χ3v) is 7.43. The van der Waals surface area contributed by atoms with Gasteiger partial charge in [-0.05, 0) is 135 Å². The zero-order valence-electron chi connectivity index (χ0n) is 24.3. The van der Waals surface area contributed by atoms with Gasteiger partial charge >= 0.3 is 0 Å². The van der Waals surface area contributed by atoms with Crippen LogP contribution in [0.5, 0.6) is 0 Å². The van der Waals surface area contributed by atoms with Gasteiger partial charge in [0.15, 0.2) is 0 Å². The van der Waals surface area contributed by atoms with Crippen molar-refractivity contribution in [1.29, 1.82) is 0 Å². The van der Waals surface area contributed by atoms with Crippen LogP contribution in [0, 0.1) is 55.4 Å². The van der Waals surface area contributed by atoms with Crippen LogP contribution in [-0.4, -0.2) is 0 Å². The van der Waals surface area contributed by atoms with Gasteiger partial charge in [0, 0.05) is 22.7 Å². The molecule has 0 radical (unpaired) electrons. The molecule has 0 aliphatic rings. The van der Waals surface area contributed by atoms with Crippen LogP contribution in [0.4, 0.5) is 22.7 Å². The Labute approximate surface area is 229 Å². The van der Waals surface area contributed by atoms with Gasteiger partial charge in [0.05, 0.1) is 0 Å². The number of benzene rings is 4. The molecule has 0 fully saturated rings. The summed E-state index contributed by atoms with van der Waals surface area (Å²) in [7, 11) is 0. The van der Waals surface area contributed by atoms with Crippen molar-refractivity contribution >= 4 is 22.7 Å². The molecule has 0 saturated heterocycles. The summed E-state index contributed by atoms with van der Waals surface area (Å²) in [6.07, 6.45) is 1.84. The van der Waals surface area contributed by atoms with Crippen molar-refractivity contribution in [2.24, 2.45) is 0 Å². The van der Waals surface area contributed by atoms with Crippen LogP contribution in [0.2, 0.25) is 0 Å². The van der Waals surface area contributed by atoms with Crippen molar-refractivity contribution in [2.75, 3.05) is 22.9 Å². The molecule has 200 valence electrons. The van der Waals surface area contributed by atoms with Crippen LogP contribution in [-0.2, 0) is 12.8 Å². The fourth-order valence-electron chi connectivity index (χ4n) is 5.14. The van der Waals surface area contributed by atoms with Crippen LogP contribution in [0.1, 0.15) is 66.8 Å². The minimum Gasteiger partial charge on any atom is -0.398 e. The molecule has 0 aliphatic carbocycles. The molecule has 0 atom stereocenters. The van der Waals surface area contributed by atoms with E-state index >= 15 is 0 Å². The van der Waals surface area contributed by atoms with Gasteiger partial charge in [-0.25, -0.2) is 0 Å². The van der Waals surface area contributed by atoms with Crippen molar-refractivity contribution in [3.8, 4) is 0 Å². The maximum atomic E-state index is 6.00. The Balaban J connectivity index is 0.000000211. The van der Waals surface area contributed by atoms with Gasteiger partial charge in [0.25, 0.3) is 0 Å². The summed E-state index contributed by atoms with van der Waals surface area (Å²) in [4.78, 5) is 0. The SMILES string of the molecule is Cc1cc(Cc2cc(C)c(N)c(C)c2)cc(C)c1N.Cc1cc(Cc2cc(C)c(N)c(C)c2)cc(C)c1N. The second kappa shape index (κ2) is 11.6. The molecule has 4 aromatic carbocycles. The fourth-order valence-corrected chi connectivity index (χ4v) is 5.14. The van der Waals surface area contributed by atoms with E-state index in [-0.39, 0.29) is 0 Å². The number of rotatable bonds is 4. The third-order valence-electron chi connectivity index (χ3n) is 7.43. The first-order valence-corrected chi connectivity index (χ1v) is 13.2. The summed E-state index contributed by atoms with van der Waals surface area (Å²) in [5, 5.41) is 0. The Hall–Kier alpha value is -3.92. The highest BCUT2D eigenvalue weighted by atomic mass is 14.6. The zero-order chi connectivity index (χ0) is 28.3. The Kier molecular flexibility index (Phi) is 8.78. The molecule has 0 unspecified atom stereocenters. The highest BCUT2D eigenvalue weighted by Crippen LogP contribution is 2.25. The molecule has 0 aromatic heterocycles. The number of hydrogen-bond acceptors (Lipinski definition) is 4.